The Hall–Kier alpha value is -3.35. The van der Waals surface area contributed by atoms with Crippen molar-refractivity contribution in [3.05, 3.63) is 71.6 Å². The van der Waals surface area contributed by atoms with Crippen molar-refractivity contribution < 1.29 is 14.3 Å². The van der Waals surface area contributed by atoms with Gasteiger partial charge >= 0.3 is 0 Å². The lowest BCUT2D eigenvalue weighted by atomic mass is 9.88. The van der Waals surface area contributed by atoms with Crippen LogP contribution in [0.1, 0.15) is 33.2 Å². The predicted molar refractivity (Wildman–Crippen MR) is 99.0 cm³/mol. The number of H-pyrrole nitrogens is 1. The van der Waals surface area contributed by atoms with E-state index in [4.69, 9.17) is 9.47 Å². The predicted octanol–water partition coefficient (Wildman–Crippen LogP) is 2.61. The van der Waals surface area contributed by atoms with Crippen molar-refractivity contribution >= 4 is 5.91 Å². The van der Waals surface area contributed by atoms with Gasteiger partial charge in [-0.1, -0.05) is 6.07 Å². The quantitative estimate of drug-likeness (QED) is 0.770. The molecule has 4 rings (SSSR count). The normalized spacial score (nSPS) is 15.9. The van der Waals surface area contributed by atoms with Gasteiger partial charge in [0.25, 0.3) is 5.91 Å². The van der Waals surface area contributed by atoms with E-state index in [1.54, 1.807) is 32.8 Å². The molecule has 1 aliphatic heterocycles. The van der Waals surface area contributed by atoms with Crippen LogP contribution >= 0.6 is 0 Å². The number of hydrogen-bond acceptors (Lipinski definition) is 5. The first-order valence-corrected chi connectivity index (χ1v) is 8.67. The lowest BCUT2D eigenvalue weighted by molar-refractivity contribution is 0.0688. The zero-order valence-electron chi connectivity index (χ0n) is 15.2. The maximum atomic E-state index is 13.1. The van der Waals surface area contributed by atoms with Crippen molar-refractivity contribution in [3.63, 3.8) is 0 Å². The van der Waals surface area contributed by atoms with E-state index in [-0.39, 0.29) is 11.9 Å². The van der Waals surface area contributed by atoms with Gasteiger partial charge in [0.05, 0.1) is 32.8 Å². The molecule has 7 nitrogen and oxygen atoms in total. The number of carbonyl (C=O) groups is 1. The number of amides is 1. The molecule has 1 N–H and O–H groups in total. The molecule has 138 valence electrons. The monoisotopic (exact) mass is 364 g/mol. The van der Waals surface area contributed by atoms with E-state index < -0.39 is 0 Å². The molecule has 27 heavy (non-hydrogen) atoms. The van der Waals surface area contributed by atoms with E-state index in [9.17, 15) is 4.79 Å². The first-order chi connectivity index (χ1) is 13.2. The molecule has 3 aromatic rings. The molecule has 0 saturated carbocycles. The SMILES string of the molecule is COc1cc2c(cc1OC)[C@H](c1cccnc1)N(C(=O)c1cnc[nH]1)CC2. The first-order valence-electron chi connectivity index (χ1n) is 8.67. The average molecular weight is 364 g/mol. The topological polar surface area (TPSA) is 80.3 Å². The Kier molecular flexibility index (Phi) is 4.50. The van der Waals surface area contributed by atoms with E-state index in [1.807, 2.05) is 29.2 Å². The molecule has 0 unspecified atom stereocenters. The average Bonchev–Trinajstić information content (AvgIpc) is 3.26. The highest BCUT2D eigenvalue weighted by atomic mass is 16.5. The Morgan fingerprint density at radius 3 is 2.67 bits per heavy atom. The molecule has 0 saturated heterocycles. The Morgan fingerprint density at radius 1 is 1.19 bits per heavy atom. The van der Waals surface area contributed by atoms with E-state index in [1.165, 1.54) is 6.33 Å². The smallest absolute Gasteiger partial charge is 0.272 e. The standard InChI is InChI=1S/C20H20N4O3/c1-26-17-8-13-5-7-24(20(25)16-11-22-12-23-16)19(14-4-3-6-21-10-14)15(13)9-18(17)27-2/h3-4,6,8-12,19H,5,7H2,1-2H3,(H,22,23)/t19-/m0/s1. The highest BCUT2D eigenvalue weighted by molar-refractivity contribution is 5.93. The Labute approximate surface area is 157 Å². The van der Waals surface area contributed by atoms with Crippen LogP contribution in [0.15, 0.2) is 49.2 Å². The summed E-state index contributed by atoms with van der Waals surface area (Å²) in [5, 5.41) is 0. The lowest BCUT2D eigenvalue weighted by Gasteiger charge is -2.37. The molecule has 0 aliphatic carbocycles. The highest BCUT2D eigenvalue weighted by Gasteiger charge is 2.34. The van der Waals surface area contributed by atoms with Gasteiger partial charge in [-0.25, -0.2) is 4.98 Å². The fraction of sp³-hybridized carbons (Fsp3) is 0.250. The van der Waals surface area contributed by atoms with Gasteiger partial charge in [-0.05, 0) is 41.3 Å². The number of ether oxygens (including phenoxy) is 2. The van der Waals surface area contributed by atoms with Gasteiger partial charge in [0.1, 0.15) is 5.69 Å². The van der Waals surface area contributed by atoms with Crippen molar-refractivity contribution in [2.24, 2.45) is 0 Å². The minimum absolute atomic E-state index is 0.0956. The van der Waals surface area contributed by atoms with Gasteiger partial charge in [-0.2, -0.15) is 0 Å². The second-order valence-electron chi connectivity index (χ2n) is 6.31. The number of hydrogen-bond donors (Lipinski definition) is 1. The molecule has 0 spiro atoms. The molecule has 0 bridgehead atoms. The third-order valence-corrected chi connectivity index (χ3v) is 4.86. The molecule has 0 radical (unpaired) electrons. The van der Waals surface area contributed by atoms with Crippen LogP contribution in [0.5, 0.6) is 11.5 Å². The molecule has 1 atom stereocenters. The lowest BCUT2D eigenvalue weighted by Crippen LogP contribution is -2.40. The van der Waals surface area contributed by atoms with Crippen LogP contribution in [-0.4, -0.2) is 46.5 Å². The Balaban J connectivity index is 1.85. The zero-order valence-corrected chi connectivity index (χ0v) is 15.2. The number of pyridine rings is 1. The van der Waals surface area contributed by atoms with Crippen molar-refractivity contribution in [2.45, 2.75) is 12.5 Å². The van der Waals surface area contributed by atoms with Crippen molar-refractivity contribution in [1.29, 1.82) is 0 Å². The van der Waals surface area contributed by atoms with Crippen LogP contribution in [0.3, 0.4) is 0 Å². The van der Waals surface area contributed by atoms with Gasteiger partial charge in [0.15, 0.2) is 11.5 Å². The van der Waals surface area contributed by atoms with Gasteiger partial charge in [0.2, 0.25) is 0 Å². The first kappa shape index (κ1) is 17.1. The number of rotatable bonds is 4. The summed E-state index contributed by atoms with van der Waals surface area (Å²) in [6.45, 7) is 0.583. The van der Waals surface area contributed by atoms with Gasteiger partial charge in [0, 0.05) is 18.9 Å². The van der Waals surface area contributed by atoms with Crippen molar-refractivity contribution in [2.75, 3.05) is 20.8 Å². The summed E-state index contributed by atoms with van der Waals surface area (Å²) in [5.74, 6) is 1.23. The summed E-state index contributed by atoms with van der Waals surface area (Å²) in [6.07, 6.45) is 7.31. The molecular weight excluding hydrogens is 344 g/mol. The van der Waals surface area contributed by atoms with Crippen LogP contribution in [0, 0.1) is 0 Å². The number of aromatic amines is 1. The molecule has 0 fully saturated rings. The molecule has 7 heteroatoms. The van der Waals surface area contributed by atoms with Crippen molar-refractivity contribution in [1.82, 2.24) is 19.9 Å². The summed E-state index contributed by atoms with van der Waals surface area (Å²) in [7, 11) is 3.24. The summed E-state index contributed by atoms with van der Waals surface area (Å²) in [5.41, 5.74) is 3.56. The number of imidazole rings is 1. The van der Waals surface area contributed by atoms with Crippen LogP contribution in [-0.2, 0) is 6.42 Å². The zero-order chi connectivity index (χ0) is 18.8. The highest BCUT2D eigenvalue weighted by Crippen LogP contribution is 2.41. The van der Waals surface area contributed by atoms with Crippen LogP contribution in [0.25, 0.3) is 0 Å². The third-order valence-electron chi connectivity index (χ3n) is 4.86. The Morgan fingerprint density at radius 2 is 2.00 bits per heavy atom. The second-order valence-corrected chi connectivity index (χ2v) is 6.31. The molecule has 1 aromatic carbocycles. The fourth-order valence-electron chi connectivity index (χ4n) is 3.59. The Bertz CT molecular complexity index is 941. The number of carbonyl (C=O) groups excluding carboxylic acids is 1. The second kappa shape index (κ2) is 7.11. The largest absolute Gasteiger partial charge is 0.493 e. The van der Waals surface area contributed by atoms with Gasteiger partial charge < -0.3 is 19.4 Å². The molecular formula is C20H20N4O3. The molecule has 1 aliphatic rings. The fourth-order valence-corrected chi connectivity index (χ4v) is 3.59. The van der Waals surface area contributed by atoms with Crippen LogP contribution < -0.4 is 9.47 Å². The number of nitrogens with one attached hydrogen (secondary N) is 1. The minimum atomic E-state index is -0.266. The molecule has 2 aromatic heterocycles. The van der Waals surface area contributed by atoms with Crippen LogP contribution in [0.4, 0.5) is 0 Å². The molecule has 1 amide bonds. The van der Waals surface area contributed by atoms with Gasteiger partial charge in [-0.15, -0.1) is 0 Å². The molecule has 3 heterocycles. The summed E-state index contributed by atoms with van der Waals surface area (Å²) < 4.78 is 10.9. The van der Waals surface area contributed by atoms with E-state index in [0.29, 0.717) is 23.7 Å². The maximum absolute atomic E-state index is 13.1. The van der Waals surface area contributed by atoms with E-state index >= 15 is 0 Å². The summed E-state index contributed by atoms with van der Waals surface area (Å²) in [4.78, 5) is 26.1. The summed E-state index contributed by atoms with van der Waals surface area (Å²) in [6, 6.07) is 7.55. The van der Waals surface area contributed by atoms with E-state index in [0.717, 1.165) is 23.1 Å². The van der Waals surface area contributed by atoms with Gasteiger partial charge in [-0.3, -0.25) is 9.78 Å². The number of fused-ring (bicyclic) bond motifs is 1. The van der Waals surface area contributed by atoms with E-state index in [2.05, 4.69) is 15.0 Å². The number of methoxy groups -OCH3 is 2. The number of aromatic nitrogens is 3. The minimum Gasteiger partial charge on any atom is -0.493 e. The number of benzene rings is 1. The van der Waals surface area contributed by atoms with Crippen LogP contribution in [0.2, 0.25) is 0 Å². The van der Waals surface area contributed by atoms with Crippen molar-refractivity contribution in [3.8, 4) is 11.5 Å². The maximum Gasteiger partial charge on any atom is 0.272 e. The number of nitrogens with zero attached hydrogens (tertiary/aromatic N) is 3. The third kappa shape index (κ3) is 3.01. The summed E-state index contributed by atoms with van der Waals surface area (Å²) >= 11 is 0.